The number of hydrogen-bond acceptors (Lipinski definition) is 6. The standard InChI is InChI=1S/C24H20ClFN4O4/c1-14-19(22(29-34-14)20-16(25)9-6-10-17(20)26)24(32)33-13-18(31)28-21(15-7-4-3-5-8-15)23-27-11-12-30(23)2/h3-12,21H,13H2,1-2H3,(H,28,31)/t21-/m0/s1. The molecule has 2 aromatic heterocycles. The van der Waals surface area contributed by atoms with Gasteiger partial charge in [-0.1, -0.05) is 53.2 Å². The van der Waals surface area contributed by atoms with E-state index in [1.165, 1.54) is 25.1 Å². The first-order chi connectivity index (χ1) is 16.4. The number of rotatable bonds is 7. The molecule has 1 amide bonds. The van der Waals surface area contributed by atoms with Crippen molar-refractivity contribution in [1.29, 1.82) is 0 Å². The van der Waals surface area contributed by atoms with Crippen molar-refractivity contribution in [2.75, 3.05) is 6.61 Å². The van der Waals surface area contributed by atoms with Crippen molar-refractivity contribution in [3.05, 3.63) is 94.5 Å². The summed E-state index contributed by atoms with van der Waals surface area (Å²) >= 11 is 6.11. The van der Waals surface area contributed by atoms with Gasteiger partial charge in [-0.15, -0.1) is 0 Å². The Bertz CT molecular complexity index is 1320. The smallest absolute Gasteiger partial charge is 0.344 e. The lowest BCUT2D eigenvalue weighted by Crippen LogP contribution is -2.34. The molecule has 1 atom stereocenters. The molecule has 0 aliphatic carbocycles. The first kappa shape index (κ1) is 23.2. The van der Waals surface area contributed by atoms with Crippen LogP contribution in [0, 0.1) is 12.7 Å². The van der Waals surface area contributed by atoms with Crippen LogP contribution in [0.4, 0.5) is 4.39 Å². The largest absolute Gasteiger partial charge is 0.452 e. The number of carbonyl (C=O) groups is 2. The first-order valence-corrected chi connectivity index (χ1v) is 10.6. The van der Waals surface area contributed by atoms with Crippen LogP contribution in [0.15, 0.2) is 65.4 Å². The van der Waals surface area contributed by atoms with Crippen molar-refractivity contribution in [1.82, 2.24) is 20.0 Å². The number of benzene rings is 2. The number of nitrogens with zero attached hydrogens (tertiary/aromatic N) is 3. The van der Waals surface area contributed by atoms with Crippen LogP contribution in [0.1, 0.15) is 33.5 Å². The van der Waals surface area contributed by atoms with Crippen LogP contribution in [0.5, 0.6) is 0 Å². The maximum absolute atomic E-state index is 14.4. The predicted octanol–water partition coefficient (Wildman–Crippen LogP) is 4.24. The van der Waals surface area contributed by atoms with Crippen molar-refractivity contribution in [2.45, 2.75) is 13.0 Å². The van der Waals surface area contributed by atoms with Gasteiger partial charge in [0, 0.05) is 19.4 Å². The zero-order chi connectivity index (χ0) is 24.2. The van der Waals surface area contributed by atoms with Crippen LogP contribution in [-0.2, 0) is 16.6 Å². The topological polar surface area (TPSA) is 99.2 Å². The maximum Gasteiger partial charge on any atom is 0.344 e. The molecule has 0 aliphatic heterocycles. The molecule has 0 radical (unpaired) electrons. The third-order valence-corrected chi connectivity index (χ3v) is 5.47. The molecule has 0 bridgehead atoms. The Morgan fingerprint density at radius 2 is 1.97 bits per heavy atom. The highest BCUT2D eigenvalue weighted by molar-refractivity contribution is 6.33. The molecule has 4 aromatic rings. The number of hydrogen-bond donors (Lipinski definition) is 1. The van der Waals surface area contributed by atoms with Crippen molar-refractivity contribution >= 4 is 23.5 Å². The van der Waals surface area contributed by atoms with Gasteiger partial charge < -0.3 is 19.1 Å². The van der Waals surface area contributed by atoms with Crippen molar-refractivity contribution in [2.24, 2.45) is 7.05 Å². The number of aryl methyl sites for hydroxylation is 2. The van der Waals surface area contributed by atoms with Crippen LogP contribution in [0.2, 0.25) is 5.02 Å². The number of imidazole rings is 1. The zero-order valence-corrected chi connectivity index (χ0v) is 19.0. The lowest BCUT2D eigenvalue weighted by atomic mass is 10.1. The summed E-state index contributed by atoms with van der Waals surface area (Å²) in [5.41, 5.74) is 0.517. The second-order valence-electron chi connectivity index (χ2n) is 7.44. The quantitative estimate of drug-likeness (QED) is 0.395. The van der Waals surface area contributed by atoms with Gasteiger partial charge in [-0.25, -0.2) is 14.2 Å². The predicted molar refractivity (Wildman–Crippen MR) is 122 cm³/mol. The fourth-order valence-corrected chi connectivity index (χ4v) is 3.76. The van der Waals surface area contributed by atoms with E-state index in [4.69, 9.17) is 20.9 Å². The number of halogens is 2. The van der Waals surface area contributed by atoms with Crippen LogP contribution < -0.4 is 5.32 Å². The zero-order valence-electron chi connectivity index (χ0n) is 18.3. The van der Waals surface area contributed by atoms with Crippen LogP contribution in [0.3, 0.4) is 0 Å². The minimum atomic E-state index is -0.892. The number of nitrogens with one attached hydrogen (secondary N) is 1. The molecule has 1 N–H and O–H groups in total. The lowest BCUT2D eigenvalue weighted by molar-refractivity contribution is -0.124. The Balaban J connectivity index is 1.51. The third kappa shape index (κ3) is 4.69. The van der Waals surface area contributed by atoms with Gasteiger partial charge in [0.25, 0.3) is 5.91 Å². The van der Waals surface area contributed by atoms with E-state index in [0.29, 0.717) is 5.82 Å². The van der Waals surface area contributed by atoms with Crippen LogP contribution in [-0.4, -0.2) is 33.2 Å². The number of carbonyl (C=O) groups excluding carboxylic acids is 2. The highest BCUT2D eigenvalue weighted by Crippen LogP contribution is 2.33. The molecule has 0 aliphatic rings. The summed E-state index contributed by atoms with van der Waals surface area (Å²) in [6.45, 7) is 0.899. The van der Waals surface area contributed by atoms with Crippen LogP contribution in [0.25, 0.3) is 11.3 Å². The van der Waals surface area contributed by atoms with E-state index in [1.54, 1.807) is 17.0 Å². The van der Waals surface area contributed by atoms with E-state index in [0.717, 1.165) is 5.56 Å². The van der Waals surface area contributed by atoms with Gasteiger partial charge in [0.15, 0.2) is 6.61 Å². The summed E-state index contributed by atoms with van der Waals surface area (Å²) in [5.74, 6) is -1.40. The molecule has 0 fully saturated rings. The van der Waals surface area contributed by atoms with Gasteiger partial charge in [-0.05, 0) is 24.6 Å². The Hall–Kier alpha value is -3.98. The molecule has 0 saturated carbocycles. The van der Waals surface area contributed by atoms with Gasteiger partial charge in [0.2, 0.25) is 0 Å². The average Bonchev–Trinajstić information content (AvgIpc) is 3.42. The fraction of sp³-hybridized carbons (Fsp3) is 0.167. The summed E-state index contributed by atoms with van der Waals surface area (Å²) in [7, 11) is 1.81. The summed E-state index contributed by atoms with van der Waals surface area (Å²) in [4.78, 5) is 29.8. The molecule has 0 saturated heterocycles. The lowest BCUT2D eigenvalue weighted by Gasteiger charge is -2.19. The van der Waals surface area contributed by atoms with Gasteiger partial charge >= 0.3 is 5.97 Å². The highest BCUT2D eigenvalue weighted by atomic mass is 35.5. The molecule has 34 heavy (non-hydrogen) atoms. The summed E-state index contributed by atoms with van der Waals surface area (Å²) < 4.78 is 26.5. The van der Waals surface area contributed by atoms with Crippen molar-refractivity contribution in [3.63, 3.8) is 0 Å². The van der Waals surface area contributed by atoms with Crippen LogP contribution >= 0.6 is 11.6 Å². The SMILES string of the molecule is Cc1onc(-c2c(F)cccc2Cl)c1C(=O)OCC(=O)N[C@@H](c1ccccc1)c1nccn1C. The Labute approximate surface area is 199 Å². The molecule has 4 rings (SSSR count). The van der Waals surface area contributed by atoms with Gasteiger partial charge in [-0.2, -0.15) is 0 Å². The molecule has 8 nitrogen and oxygen atoms in total. The Kier molecular flexibility index (Phi) is 6.74. The molecule has 2 heterocycles. The number of aromatic nitrogens is 3. The minimum absolute atomic E-state index is 0.0564. The molecular weight excluding hydrogens is 463 g/mol. The monoisotopic (exact) mass is 482 g/mol. The number of ether oxygens (including phenoxy) is 1. The molecule has 2 aromatic carbocycles. The first-order valence-electron chi connectivity index (χ1n) is 10.3. The minimum Gasteiger partial charge on any atom is -0.452 e. The number of amides is 1. The van der Waals surface area contributed by atoms with E-state index in [-0.39, 0.29) is 27.6 Å². The van der Waals surface area contributed by atoms with Crippen molar-refractivity contribution in [3.8, 4) is 11.3 Å². The van der Waals surface area contributed by atoms with E-state index in [9.17, 15) is 14.0 Å². The van der Waals surface area contributed by atoms with Crippen molar-refractivity contribution < 1.29 is 23.2 Å². The van der Waals surface area contributed by atoms with E-state index >= 15 is 0 Å². The highest BCUT2D eigenvalue weighted by Gasteiger charge is 2.27. The second kappa shape index (κ2) is 9.88. The average molecular weight is 483 g/mol. The van der Waals surface area contributed by atoms with Gasteiger partial charge in [-0.3, -0.25) is 4.79 Å². The van der Waals surface area contributed by atoms with E-state index in [2.05, 4.69) is 15.5 Å². The molecule has 10 heteroatoms. The molecular formula is C24H20ClFN4O4. The number of esters is 1. The Morgan fingerprint density at radius 3 is 2.65 bits per heavy atom. The van der Waals surface area contributed by atoms with E-state index in [1.807, 2.05) is 37.4 Å². The second-order valence-corrected chi connectivity index (χ2v) is 7.85. The molecule has 0 spiro atoms. The Morgan fingerprint density at radius 1 is 1.21 bits per heavy atom. The summed E-state index contributed by atoms with van der Waals surface area (Å²) in [5, 5.41) is 6.67. The van der Waals surface area contributed by atoms with Gasteiger partial charge in [0.1, 0.15) is 34.7 Å². The normalized spacial score (nSPS) is 11.8. The maximum atomic E-state index is 14.4. The van der Waals surface area contributed by atoms with E-state index < -0.39 is 30.3 Å². The molecule has 0 unspecified atom stereocenters. The third-order valence-electron chi connectivity index (χ3n) is 5.16. The fourth-order valence-electron chi connectivity index (χ4n) is 3.51. The summed E-state index contributed by atoms with van der Waals surface area (Å²) in [6.07, 6.45) is 3.39. The summed E-state index contributed by atoms with van der Waals surface area (Å²) in [6, 6.07) is 12.8. The van der Waals surface area contributed by atoms with Gasteiger partial charge in [0.05, 0.1) is 10.6 Å². The molecule has 174 valence electrons.